The number of aryl methyl sites for hydroxylation is 1. The highest BCUT2D eigenvalue weighted by Gasteiger charge is 2.12. The summed E-state index contributed by atoms with van der Waals surface area (Å²) < 4.78 is 1.85. The third-order valence-electron chi connectivity index (χ3n) is 1.97. The summed E-state index contributed by atoms with van der Waals surface area (Å²) in [4.78, 5) is 0. The third-order valence-corrected chi connectivity index (χ3v) is 1.97. The minimum atomic E-state index is 0.0208. The Kier molecular flexibility index (Phi) is 3.25. The molecular weight excluding hydrogens is 154 g/mol. The number of nitrogens with two attached hydrogens (primary N) is 1. The van der Waals surface area contributed by atoms with Gasteiger partial charge in [0.15, 0.2) is 0 Å². The van der Waals surface area contributed by atoms with Crippen LogP contribution in [0.25, 0.3) is 0 Å². The van der Waals surface area contributed by atoms with E-state index >= 15 is 0 Å². The molecule has 3 N–H and O–H groups in total. The molecule has 0 aromatic carbocycles. The molecule has 12 heavy (non-hydrogen) atoms. The molecule has 0 amide bonds. The van der Waals surface area contributed by atoms with Crippen LogP contribution in [0.5, 0.6) is 0 Å². The van der Waals surface area contributed by atoms with Crippen molar-refractivity contribution in [3.63, 3.8) is 0 Å². The summed E-state index contributed by atoms with van der Waals surface area (Å²) in [5, 5.41) is 13.1. The first-order valence-corrected chi connectivity index (χ1v) is 4.16. The lowest BCUT2D eigenvalue weighted by Crippen LogP contribution is -2.19. The highest BCUT2D eigenvalue weighted by atomic mass is 16.3. The minimum absolute atomic E-state index is 0.0208. The number of rotatable bonds is 4. The largest absolute Gasteiger partial charge is 0.396 e. The Morgan fingerprint density at radius 2 is 2.50 bits per heavy atom. The van der Waals surface area contributed by atoms with Crippen molar-refractivity contribution in [1.29, 1.82) is 0 Å². The van der Waals surface area contributed by atoms with E-state index in [0.29, 0.717) is 6.54 Å². The highest BCUT2D eigenvalue weighted by molar-refractivity contribution is 5.08. The normalized spacial score (nSPS) is 13.2. The van der Waals surface area contributed by atoms with E-state index in [-0.39, 0.29) is 12.5 Å². The number of aliphatic hydroxyl groups excluding tert-OH is 1. The maximum atomic E-state index is 9.00. The molecule has 0 spiro atoms. The Morgan fingerprint density at radius 3 is 3.00 bits per heavy atom. The van der Waals surface area contributed by atoms with Crippen molar-refractivity contribution in [2.75, 3.05) is 13.2 Å². The first-order chi connectivity index (χ1) is 5.83. The minimum Gasteiger partial charge on any atom is -0.396 e. The lowest BCUT2D eigenvalue weighted by atomic mass is 10.1. The molecule has 1 aromatic heterocycles. The molecule has 0 aliphatic heterocycles. The SMILES string of the molecule is CCn1nccc1C(CN)CO. The Balaban J connectivity index is 2.83. The van der Waals surface area contributed by atoms with E-state index < -0.39 is 0 Å². The molecule has 1 unspecified atom stereocenters. The van der Waals surface area contributed by atoms with Crippen molar-refractivity contribution in [3.8, 4) is 0 Å². The molecule has 0 saturated carbocycles. The Labute approximate surface area is 72.0 Å². The summed E-state index contributed by atoms with van der Waals surface area (Å²) in [6, 6.07) is 1.90. The molecule has 0 bridgehead atoms. The van der Waals surface area contributed by atoms with Gasteiger partial charge in [0.05, 0.1) is 6.61 Å². The molecule has 1 rings (SSSR count). The second-order valence-corrected chi connectivity index (χ2v) is 2.69. The fourth-order valence-corrected chi connectivity index (χ4v) is 1.24. The van der Waals surface area contributed by atoms with Gasteiger partial charge in [0, 0.05) is 30.9 Å². The molecule has 4 heteroatoms. The maximum absolute atomic E-state index is 9.00. The molecule has 0 aliphatic rings. The standard InChI is InChI=1S/C8H15N3O/c1-2-11-8(3-4-10-11)7(5-9)6-12/h3-4,7,12H,2,5-6,9H2,1H3. The molecule has 68 valence electrons. The van der Waals surface area contributed by atoms with Gasteiger partial charge in [-0.05, 0) is 13.0 Å². The summed E-state index contributed by atoms with van der Waals surface area (Å²) in [5.41, 5.74) is 6.51. The topological polar surface area (TPSA) is 64.1 Å². The Bertz CT molecular complexity index is 230. The van der Waals surface area contributed by atoms with Gasteiger partial charge in [0.1, 0.15) is 0 Å². The smallest absolute Gasteiger partial charge is 0.0526 e. The predicted octanol–water partition coefficient (Wildman–Crippen LogP) is -0.0624. The second-order valence-electron chi connectivity index (χ2n) is 2.69. The molecule has 0 radical (unpaired) electrons. The van der Waals surface area contributed by atoms with Crippen LogP contribution in [0.3, 0.4) is 0 Å². The molecule has 0 aliphatic carbocycles. The maximum Gasteiger partial charge on any atom is 0.0526 e. The highest BCUT2D eigenvalue weighted by Crippen LogP contribution is 2.12. The van der Waals surface area contributed by atoms with Gasteiger partial charge in [-0.15, -0.1) is 0 Å². The molecule has 1 aromatic rings. The summed E-state index contributed by atoms with van der Waals surface area (Å²) in [5.74, 6) is 0.0208. The second kappa shape index (κ2) is 4.23. The van der Waals surface area contributed by atoms with Crippen LogP contribution in [0.4, 0.5) is 0 Å². The van der Waals surface area contributed by atoms with Crippen LogP contribution in [0, 0.1) is 0 Å². The van der Waals surface area contributed by atoms with Crippen LogP contribution in [-0.2, 0) is 6.54 Å². The van der Waals surface area contributed by atoms with Gasteiger partial charge < -0.3 is 10.8 Å². The summed E-state index contributed by atoms with van der Waals surface area (Å²) >= 11 is 0. The molecule has 1 atom stereocenters. The monoisotopic (exact) mass is 169 g/mol. The van der Waals surface area contributed by atoms with Gasteiger partial charge in [0.25, 0.3) is 0 Å². The van der Waals surface area contributed by atoms with Crippen molar-refractivity contribution in [1.82, 2.24) is 9.78 Å². The third kappa shape index (κ3) is 1.65. The lowest BCUT2D eigenvalue weighted by molar-refractivity contribution is 0.262. The number of aliphatic hydroxyl groups is 1. The van der Waals surface area contributed by atoms with Crippen LogP contribution >= 0.6 is 0 Å². The number of hydrogen-bond acceptors (Lipinski definition) is 3. The number of aromatic nitrogens is 2. The van der Waals surface area contributed by atoms with Crippen molar-refractivity contribution < 1.29 is 5.11 Å². The molecule has 4 nitrogen and oxygen atoms in total. The van der Waals surface area contributed by atoms with Gasteiger partial charge in [-0.2, -0.15) is 5.10 Å². The zero-order chi connectivity index (χ0) is 8.97. The molecule has 1 heterocycles. The van der Waals surface area contributed by atoms with Gasteiger partial charge in [-0.1, -0.05) is 0 Å². The zero-order valence-corrected chi connectivity index (χ0v) is 7.27. The fourth-order valence-electron chi connectivity index (χ4n) is 1.24. The van der Waals surface area contributed by atoms with Crippen LogP contribution in [-0.4, -0.2) is 28.0 Å². The van der Waals surface area contributed by atoms with E-state index in [2.05, 4.69) is 5.10 Å². The van der Waals surface area contributed by atoms with Crippen LogP contribution in [0.1, 0.15) is 18.5 Å². The van der Waals surface area contributed by atoms with Crippen molar-refractivity contribution in [3.05, 3.63) is 18.0 Å². The van der Waals surface area contributed by atoms with E-state index in [1.165, 1.54) is 0 Å². The van der Waals surface area contributed by atoms with Gasteiger partial charge >= 0.3 is 0 Å². The van der Waals surface area contributed by atoms with Gasteiger partial charge in [-0.25, -0.2) is 0 Å². The fraction of sp³-hybridized carbons (Fsp3) is 0.625. The average molecular weight is 169 g/mol. The summed E-state index contributed by atoms with van der Waals surface area (Å²) in [6.45, 7) is 3.38. The Morgan fingerprint density at radius 1 is 1.75 bits per heavy atom. The average Bonchev–Trinajstić information content (AvgIpc) is 2.55. The van der Waals surface area contributed by atoms with Crippen LogP contribution < -0.4 is 5.73 Å². The number of hydrogen-bond donors (Lipinski definition) is 2. The quantitative estimate of drug-likeness (QED) is 0.663. The van der Waals surface area contributed by atoms with E-state index in [0.717, 1.165) is 12.2 Å². The lowest BCUT2D eigenvalue weighted by Gasteiger charge is -2.12. The van der Waals surface area contributed by atoms with Gasteiger partial charge in [0.2, 0.25) is 0 Å². The van der Waals surface area contributed by atoms with Crippen molar-refractivity contribution >= 4 is 0 Å². The van der Waals surface area contributed by atoms with E-state index in [1.54, 1.807) is 6.20 Å². The molecular formula is C8H15N3O. The van der Waals surface area contributed by atoms with Crippen LogP contribution in [0.2, 0.25) is 0 Å². The number of nitrogens with zero attached hydrogens (tertiary/aromatic N) is 2. The summed E-state index contributed by atoms with van der Waals surface area (Å²) in [7, 11) is 0. The van der Waals surface area contributed by atoms with E-state index in [4.69, 9.17) is 10.8 Å². The predicted molar refractivity (Wildman–Crippen MR) is 46.8 cm³/mol. The van der Waals surface area contributed by atoms with Crippen molar-refractivity contribution in [2.45, 2.75) is 19.4 Å². The van der Waals surface area contributed by atoms with Crippen LogP contribution in [0.15, 0.2) is 12.3 Å². The van der Waals surface area contributed by atoms with E-state index in [1.807, 2.05) is 17.7 Å². The zero-order valence-electron chi connectivity index (χ0n) is 7.27. The summed E-state index contributed by atoms with van der Waals surface area (Å²) in [6.07, 6.45) is 1.73. The van der Waals surface area contributed by atoms with Crippen molar-refractivity contribution in [2.24, 2.45) is 5.73 Å². The van der Waals surface area contributed by atoms with Gasteiger partial charge in [-0.3, -0.25) is 4.68 Å². The molecule has 0 saturated heterocycles. The molecule has 0 fully saturated rings. The first kappa shape index (κ1) is 9.22. The first-order valence-electron chi connectivity index (χ1n) is 4.16. The van der Waals surface area contributed by atoms with E-state index in [9.17, 15) is 0 Å². The Hall–Kier alpha value is -0.870.